The first-order chi connectivity index (χ1) is 13.8. The number of nitrogens with one attached hydrogen (secondary N) is 1. The number of nitrogens with zero attached hydrogens (tertiary/aromatic N) is 2. The third-order valence-electron chi connectivity index (χ3n) is 4.57. The summed E-state index contributed by atoms with van der Waals surface area (Å²) in [5.74, 6) is 2.54. The van der Waals surface area contributed by atoms with Crippen molar-refractivity contribution in [3.8, 4) is 5.88 Å². The molecule has 1 aromatic carbocycles. The van der Waals surface area contributed by atoms with Gasteiger partial charge in [-0.05, 0) is 36.2 Å². The topological polar surface area (TPSA) is 63.7 Å². The van der Waals surface area contributed by atoms with Crippen molar-refractivity contribution in [2.24, 2.45) is 0 Å². The molecule has 0 atom stereocenters. The van der Waals surface area contributed by atoms with E-state index in [4.69, 9.17) is 9.47 Å². The Balaban J connectivity index is 1.54. The van der Waals surface area contributed by atoms with Crippen molar-refractivity contribution in [3.63, 3.8) is 0 Å². The fourth-order valence-electron chi connectivity index (χ4n) is 2.97. The van der Waals surface area contributed by atoms with E-state index >= 15 is 0 Å². The maximum atomic E-state index is 12.6. The van der Waals surface area contributed by atoms with Crippen molar-refractivity contribution in [2.45, 2.75) is 6.42 Å². The zero-order valence-corrected chi connectivity index (χ0v) is 17.0. The zero-order chi connectivity index (χ0) is 19.6. The molecule has 0 bridgehead atoms. The fourth-order valence-corrected chi connectivity index (χ4v) is 3.94. The minimum atomic E-state index is -0.237. The Labute approximate surface area is 170 Å². The number of hydrogen-bond acceptors (Lipinski definition) is 6. The monoisotopic (exact) mass is 401 g/mol. The minimum Gasteiger partial charge on any atom is -0.475 e. The van der Waals surface area contributed by atoms with Gasteiger partial charge in [-0.15, -0.1) is 0 Å². The highest BCUT2D eigenvalue weighted by Crippen LogP contribution is 2.18. The average molecular weight is 402 g/mol. The number of rotatable bonds is 9. The number of hydrogen-bond donors (Lipinski definition) is 1. The summed E-state index contributed by atoms with van der Waals surface area (Å²) < 4.78 is 10.5. The number of anilines is 1. The predicted molar refractivity (Wildman–Crippen MR) is 113 cm³/mol. The molecule has 28 heavy (non-hydrogen) atoms. The van der Waals surface area contributed by atoms with Crippen LogP contribution >= 0.6 is 11.8 Å². The number of thioether (sulfide) groups is 1. The maximum absolute atomic E-state index is 12.6. The van der Waals surface area contributed by atoms with Crippen molar-refractivity contribution < 1.29 is 14.3 Å². The summed E-state index contributed by atoms with van der Waals surface area (Å²) in [6, 6.07) is 11.5. The second-order valence-electron chi connectivity index (χ2n) is 6.55. The molecular weight excluding hydrogens is 374 g/mol. The maximum Gasteiger partial charge on any atom is 0.261 e. The van der Waals surface area contributed by atoms with E-state index in [1.807, 2.05) is 23.9 Å². The van der Waals surface area contributed by atoms with Gasteiger partial charge in [-0.3, -0.25) is 4.79 Å². The molecule has 1 fully saturated rings. The second-order valence-corrected chi connectivity index (χ2v) is 7.78. The van der Waals surface area contributed by atoms with Gasteiger partial charge < -0.3 is 19.7 Å². The van der Waals surface area contributed by atoms with Gasteiger partial charge in [0.05, 0.1) is 6.61 Å². The van der Waals surface area contributed by atoms with Crippen LogP contribution in [-0.4, -0.2) is 67.3 Å². The van der Waals surface area contributed by atoms with Crippen LogP contribution in [0.4, 0.5) is 5.69 Å². The van der Waals surface area contributed by atoms with Gasteiger partial charge in [-0.2, -0.15) is 11.8 Å². The standard InChI is InChI=1S/C21H27N3O3S/c1-26-13-14-27-21-19(3-2-9-22-21)20(25)23-18-6-4-17(5-7-18)8-10-24-11-15-28-16-12-24/h2-7,9H,8,10-16H2,1H3,(H,23,25). The van der Waals surface area contributed by atoms with Gasteiger partial charge >= 0.3 is 0 Å². The number of pyridine rings is 1. The second kappa shape index (κ2) is 11.0. The van der Waals surface area contributed by atoms with Gasteiger partial charge in [0.1, 0.15) is 12.2 Å². The van der Waals surface area contributed by atoms with Crippen LogP contribution < -0.4 is 10.1 Å². The highest BCUT2D eigenvalue weighted by atomic mass is 32.2. The van der Waals surface area contributed by atoms with Gasteiger partial charge in [0, 0.05) is 50.1 Å². The highest BCUT2D eigenvalue weighted by molar-refractivity contribution is 7.99. The van der Waals surface area contributed by atoms with Crippen LogP contribution in [0.2, 0.25) is 0 Å². The van der Waals surface area contributed by atoms with E-state index in [0.29, 0.717) is 24.7 Å². The van der Waals surface area contributed by atoms with Gasteiger partial charge in [0.15, 0.2) is 0 Å². The first-order valence-corrected chi connectivity index (χ1v) is 10.7. The number of amides is 1. The number of methoxy groups -OCH3 is 1. The van der Waals surface area contributed by atoms with E-state index in [9.17, 15) is 4.79 Å². The van der Waals surface area contributed by atoms with E-state index in [2.05, 4.69) is 27.3 Å². The zero-order valence-electron chi connectivity index (χ0n) is 16.2. The molecule has 6 nitrogen and oxygen atoms in total. The minimum absolute atomic E-state index is 0.237. The summed E-state index contributed by atoms with van der Waals surface area (Å²) in [6.07, 6.45) is 2.63. The molecule has 2 heterocycles. The Morgan fingerprint density at radius 3 is 2.71 bits per heavy atom. The van der Waals surface area contributed by atoms with Crippen LogP contribution in [0.25, 0.3) is 0 Å². The normalized spacial score (nSPS) is 14.6. The molecule has 1 aliphatic rings. The molecule has 2 aromatic rings. The SMILES string of the molecule is COCCOc1ncccc1C(=O)Nc1ccc(CCN2CCSCC2)cc1. The molecule has 1 N–H and O–H groups in total. The van der Waals surface area contributed by atoms with Crippen molar-refractivity contribution >= 4 is 23.4 Å². The first-order valence-electron chi connectivity index (χ1n) is 9.53. The summed E-state index contributed by atoms with van der Waals surface area (Å²) in [5.41, 5.74) is 2.45. The van der Waals surface area contributed by atoms with Crippen molar-refractivity contribution in [2.75, 3.05) is 56.8 Å². The number of aromatic nitrogens is 1. The van der Waals surface area contributed by atoms with E-state index in [1.165, 1.54) is 30.2 Å². The predicted octanol–water partition coefficient (Wildman–Crippen LogP) is 2.95. The van der Waals surface area contributed by atoms with Gasteiger partial charge in [-0.1, -0.05) is 12.1 Å². The summed E-state index contributed by atoms with van der Waals surface area (Å²) in [7, 11) is 1.60. The molecule has 0 aliphatic carbocycles. The van der Waals surface area contributed by atoms with Crippen molar-refractivity contribution in [3.05, 3.63) is 53.7 Å². The van der Waals surface area contributed by atoms with Crippen LogP contribution in [0, 0.1) is 0 Å². The van der Waals surface area contributed by atoms with Crippen LogP contribution in [0.15, 0.2) is 42.6 Å². The molecule has 1 saturated heterocycles. The average Bonchev–Trinajstić information content (AvgIpc) is 2.74. The fraction of sp³-hybridized carbons (Fsp3) is 0.429. The molecular formula is C21H27N3O3S. The molecule has 1 amide bonds. The Kier molecular flexibility index (Phi) is 8.14. The molecule has 150 valence electrons. The quantitative estimate of drug-likeness (QED) is 0.652. The van der Waals surface area contributed by atoms with Crippen LogP contribution in [-0.2, 0) is 11.2 Å². The number of benzene rings is 1. The smallest absolute Gasteiger partial charge is 0.261 e. The Bertz CT molecular complexity index is 749. The lowest BCUT2D eigenvalue weighted by molar-refractivity contribution is 0.101. The van der Waals surface area contributed by atoms with E-state index in [0.717, 1.165) is 18.7 Å². The molecule has 0 unspecified atom stereocenters. The summed E-state index contributed by atoms with van der Waals surface area (Å²) >= 11 is 2.03. The third-order valence-corrected chi connectivity index (χ3v) is 5.52. The lowest BCUT2D eigenvalue weighted by atomic mass is 10.1. The van der Waals surface area contributed by atoms with Crippen molar-refractivity contribution in [1.29, 1.82) is 0 Å². The van der Waals surface area contributed by atoms with Gasteiger partial charge in [0.25, 0.3) is 5.91 Å². The molecule has 7 heteroatoms. The molecule has 0 spiro atoms. The highest BCUT2D eigenvalue weighted by Gasteiger charge is 2.14. The van der Waals surface area contributed by atoms with Crippen molar-refractivity contribution in [1.82, 2.24) is 9.88 Å². The summed E-state index contributed by atoms with van der Waals surface area (Å²) in [5, 5.41) is 2.92. The number of carbonyl (C=O) groups is 1. The molecule has 0 radical (unpaired) electrons. The Morgan fingerprint density at radius 2 is 1.96 bits per heavy atom. The van der Waals surface area contributed by atoms with Crippen LogP contribution in [0.3, 0.4) is 0 Å². The lowest BCUT2D eigenvalue weighted by Gasteiger charge is -2.26. The van der Waals surface area contributed by atoms with E-state index < -0.39 is 0 Å². The molecule has 0 saturated carbocycles. The van der Waals surface area contributed by atoms with Gasteiger partial charge in [0.2, 0.25) is 5.88 Å². The van der Waals surface area contributed by atoms with Crippen LogP contribution in [0.1, 0.15) is 15.9 Å². The molecule has 1 aliphatic heterocycles. The molecule has 3 rings (SSSR count). The largest absolute Gasteiger partial charge is 0.475 e. The first kappa shape index (κ1) is 20.6. The van der Waals surface area contributed by atoms with Gasteiger partial charge in [-0.25, -0.2) is 4.98 Å². The Hall–Kier alpha value is -2.09. The number of carbonyl (C=O) groups excluding carboxylic acids is 1. The third kappa shape index (κ3) is 6.22. The van der Waals surface area contributed by atoms with E-state index in [-0.39, 0.29) is 5.91 Å². The summed E-state index contributed by atoms with van der Waals surface area (Å²) in [4.78, 5) is 19.3. The van der Waals surface area contributed by atoms with Crippen LogP contribution in [0.5, 0.6) is 5.88 Å². The molecule has 1 aromatic heterocycles. The summed E-state index contributed by atoms with van der Waals surface area (Å²) in [6.45, 7) is 4.23. The van der Waals surface area contributed by atoms with E-state index in [1.54, 1.807) is 25.4 Å². The lowest BCUT2D eigenvalue weighted by Crippen LogP contribution is -2.34. The Morgan fingerprint density at radius 1 is 1.18 bits per heavy atom. The number of ether oxygens (including phenoxy) is 2.